The van der Waals surface area contributed by atoms with Gasteiger partial charge in [0.15, 0.2) is 0 Å². The van der Waals surface area contributed by atoms with Gasteiger partial charge in [0.1, 0.15) is 6.54 Å². The molecule has 0 heterocycles. The number of para-hydroxylation sites is 1. The van der Waals surface area contributed by atoms with Gasteiger partial charge in [-0.3, -0.25) is 9.10 Å². The number of sulfonamides is 1. The summed E-state index contributed by atoms with van der Waals surface area (Å²) < 4.78 is 25.7. The number of amides is 1. The van der Waals surface area contributed by atoms with Gasteiger partial charge in [0.05, 0.1) is 11.9 Å². The molecule has 0 fully saturated rings. The molecular weight excluding hydrogens is 336 g/mol. The third-order valence-corrected chi connectivity index (χ3v) is 5.12. The molecule has 25 heavy (non-hydrogen) atoms. The van der Waals surface area contributed by atoms with Gasteiger partial charge in [-0.15, -0.1) is 0 Å². The van der Waals surface area contributed by atoms with Crippen LogP contribution in [0.2, 0.25) is 0 Å². The Bertz CT molecular complexity index is 862. The molecule has 0 saturated carbocycles. The zero-order valence-electron chi connectivity index (χ0n) is 15.1. The molecule has 0 atom stereocenters. The number of aryl methyl sites for hydroxylation is 2. The lowest BCUT2D eigenvalue weighted by molar-refractivity contribution is -0.117. The van der Waals surface area contributed by atoms with Crippen molar-refractivity contribution in [3.8, 4) is 0 Å². The largest absolute Gasteiger partial charge is 0.311 e. The lowest BCUT2D eigenvalue weighted by Crippen LogP contribution is -2.43. The first-order valence-electron chi connectivity index (χ1n) is 8.14. The van der Waals surface area contributed by atoms with Crippen LogP contribution >= 0.6 is 0 Å². The summed E-state index contributed by atoms with van der Waals surface area (Å²) in [6.07, 6.45) is 1.12. The number of hydrogen-bond acceptors (Lipinski definition) is 3. The predicted octanol–water partition coefficient (Wildman–Crippen LogP) is 3.12. The van der Waals surface area contributed by atoms with E-state index in [1.165, 1.54) is 4.31 Å². The quantitative estimate of drug-likeness (QED) is 0.795. The summed E-state index contributed by atoms with van der Waals surface area (Å²) in [5.74, 6) is -0.262. The third kappa shape index (κ3) is 4.60. The monoisotopic (exact) mass is 360 g/mol. The highest BCUT2D eigenvalue weighted by molar-refractivity contribution is 7.92. The van der Waals surface area contributed by atoms with Crippen molar-refractivity contribution >= 4 is 27.3 Å². The van der Waals surface area contributed by atoms with Crippen molar-refractivity contribution in [1.29, 1.82) is 0 Å². The van der Waals surface area contributed by atoms with Crippen molar-refractivity contribution in [2.45, 2.75) is 20.8 Å². The lowest BCUT2D eigenvalue weighted by Gasteiger charge is -2.28. The number of rotatable bonds is 6. The van der Waals surface area contributed by atoms with Crippen LogP contribution in [0.4, 0.5) is 11.4 Å². The molecule has 0 aliphatic carbocycles. The maximum atomic E-state index is 12.8. The van der Waals surface area contributed by atoms with Gasteiger partial charge < -0.3 is 4.90 Å². The molecule has 0 aliphatic heterocycles. The SMILES string of the molecule is CCN(C(=O)CN(c1ccccc1C)S(C)(=O)=O)c1cccc(C)c1. The molecule has 6 heteroatoms. The average Bonchev–Trinajstić information content (AvgIpc) is 2.53. The van der Waals surface area contributed by atoms with Crippen LogP contribution in [0.15, 0.2) is 48.5 Å². The number of carbonyl (C=O) groups is 1. The van der Waals surface area contributed by atoms with Gasteiger partial charge in [0, 0.05) is 12.2 Å². The second-order valence-electron chi connectivity index (χ2n) is 6.03. The Kier molecular flexibility index (Phi) is 5.85. The molecule has 0 saturated heterocycles. The molecular formula is C19H24N2O3S. The van der Waals surface area contributed by atoms with E-state index in [4.69, 9.17) is 0 Å². The average molecular weight is 360 g/mol. The van der Waals surface area contributed by atoms with E-state index < -0.39 is 10.0 Å². The molecule has 0 aromatic heterocycles. The van der Waals surface area contributed by atoms with Crippen molar-refractivity contribution in [3.63, 3.8) is 0 Å². The summed E-state index contributed by atoms with van der Waals surface area (Å²) in [6.45, 7) is 5.89. The summed E-state index contributed by atoms with van der Waals surface area (Å²) in [4.78, 5) is 14.4. The molecule has 0 unspecified atom stereocenters. The molecule has 2 aromatic rings. The Morgan fingerprint density at radius 3 is 2.28 bits per heavy atom. The fourth-order valence-electron chi connectivity index (χ4n) is 2.73. The number of anilines is 2. The van der Waals surface area contributed by atoms with E-state index >= 15 is 0 Å². The van der Waals surface area contributed by atoms with Crippen molar-refractivity contribution in [2.24, 2.45) is 0 Å². The molecule has 1 amide bonds. The maximum absolute atomic E-state index is 12.8. The van der Waals surface area contributed by atoms with Crippen LogP contribution < -0.4 is 9.21 Å². The Morgan fingerprint density at radius 2 is 1.72 bits per heavy atom. The molecule has 2 aromatic carbocycles. The Morgan fingerprint density at radius 1 is 1.04 bits per heavy atom. The third-order valence-electron chi connectivity index (χ3n) is 3.99. The van der Waals surface area contributed by atoms with Gasteiger partial charge in [-0.25, -0.2) is 8.42 Å². The van der Waals surface area contributed by atoms with E-state index in [0.717, 1.165) is 23.1 Å². The molecule has 0 radical (unpaired) electrons. The van der Waals surface area contributed by atoms with E-state index in [1.807, 2.05) is 57.2 Å². The minimum atomic E-state index is -3.58. The van der Waals surface area contributed by atoms with Crippen molar-refractivity contribution in [3.05, 3.63) is 59.7 Å². The van der Waals surface area contributed by atoms with Crippen LogP contribution in [0.3, 0.4) is 0 Å². The lowest BCUT2D eigenvalue weighted by atomic mass is 10.2. The van der Waals surface area contributed by atoms with E-state index in [0.29, 0.717) is 12.2 Å². The van der Waals surface area contributed by atoms with Crippen molar-refractivity contribution in [2.75, 3.05) is 28.6 Å². The zero-order chi connectivity index (χ0) is 18.6. The van der Waals surface area contributed by atoms with Crippen LogP contribution in [0.25, 0.3) is 0 Å². The second-order valence-corrected chi connectivity index (χ2v) is 7.94. The van der Waals surface area contributed by atoms with Gasteiger partial charge in [0.25, 0.3) is 0 Å². The summed E-state index contributed by atoms with van der Waals surface area (Å²) >= 11 is 0. The smallest absolute Gasteiger partial charge is 0.247 e. The van der Waals surface area contributed by atoms with Crippen LogP contribution in [0.1, 0.15) is 18.1 Å². The molecule has 0 aliphatic rings. The minimum Gasteiger partial charge on any atom is -0.311 e. The summed E-state index contributed by atoms with van der Waals surface area (Å²) in [6, 6.07) is 14.8. The maximum Gasteiger partial charge on any atom is 0.247 e. The van der Waals surface area contributed by atoms with Crippen LogP contribution in [-0.2, 0) is 14.8 Å². The summed E-state index contributed by atoms with van der Waals surface area (Å²) in [7, 11) is -3.58. The first-order chi connectivity index (χ1) is 11.7. The molecule has 0 spiro atoms. The van der Waals surface area contributed by atoms with E-state index in [1.54, 1.807) is 17.0 Å². The van der Waals surface area contributed by atoms with Crippen LogP contribution in [0.5, 0.6) is 0 Å². The Balaban J connectivity index is 2.35. The van der Waals surface area contributed by atoms with Crippen molar-refractivity contribution in [1.82, 2.24) is 0 Å². The van der Waals surface area contributed by atoms with Crippen LogP contribution in [0, 0.1) is 13.8 Å². The fourth-order valence-corrected chi connectivity index (χ4v) is 3.64. The molecule has 5 nitrogen and oxygen atoms in total. The molecule has 0 bridgehead atoms. The Labute approximate surface area is 149 Å². The van der Waals surface area contributed by atoms with Gasteiger partial charge in [-0.1, -0.05) is 30.3 Å². The predicted molar refractivity (Wildman–Crippen MR) is 103 cm³/mol. The zero-order valence-corrected chi connectivity index (χ0v) is 15.9. The topological polar surface area (TPSA) is 57.7 Å². The molecule has 134 valence electrons. The highest BCUT2D eigenvalue weighted by Crippen LogP contribution is 2.23. The van der Waals surface area contributed by atoms with E-state index in [2.05, 4.69) is 0 Å². The van der Waals surface area contributed by atoms with E-state index in [9.17, 15) is 13.2 Å². The molecule has 2 rings (SSSR count). The number of hydrogen-bond donors (Lipinski definition) is 0. The summed E-state index contributed by atoms with van der Waals surface area (Å²) in [5.41, 5.74) is 3.14. The molecule has 0 N–H and O–H groups in total. The summed E-state index contributed by atoms with van der Waals surface area (Å²) in [5, 5.41) is 0. The number of carbonyl (C=O) groups excluding carboxylic acids is 1. The standard InChI is InChI=1S/C19H24N2O3S/c1-5-20(17-11-8-9-15(2)13-17)19(22)14-21(25(4,23)24)18-12-7-6-10-16(18)3/h6-13H,5,14H2,1-4H3. The number of benzene rings is 2. The fraction of sp³-hybridized carbons (Fsp3) is 0.316. The van der Waals surface area contributed by atoms with Crippen molar-refractivity contribution < 1.29 is 13.2 Å². The highest BCUT2D eigenvalue weighted by atomic mass is 32.2. The number of nitrogens with zero attached hydrogens (tertiary/aromatic N) is 2. The second kappa shape index (κ2) is 7.70. The van der Waals surface area contributed by atoms with Gasteiger partial charge in [0.2, 0.25) is 15.9 Å². The first kappa shape index (κ1) is 19.0. The number of likely N-dealkylation sites (N-methyl/N-ethyl adjacent to an activating group) is 1. The van der Waals surface area contributed by atoms with Gasteiger partial charge in [-0.05, 0) is 50.1 Å². The highest BCUT2D eigenvalue weighted by Gasteiger charge is 2.25. The Hall–Kier alpha value is -2.34. The van der Waals surface area contributed by atoms with Gasteiger partial charge in [-0.2, -0.15) is 0 Å². The van der Waals surface area contributed by atoms with Gasteiger partial charge >= 0.3 is 0 Å². The van der Waals surface area contributed by atoms with E-state index in [-0.39, 0.29) is 12.5 Å². The minimum absolute atomic E-state index is 0.231. The van der Waals surface area contributed by atoms with Crippen LogP contribution in [-0.4, -0.2) is 33.7 Å². The normalized spacial score (nSPS) is 11.2. The first-order valence-corrected chi connectivity index (χ1v) is 9.99.